The Morgan fingerprint density at radius 1 is 1.21 bits per heavy atom. The van der Waals surface area contributed by atoms with Crippen molar-refractivity contribution in [3.05, 3.63) is 29.8 Å². The van der Waals surface area contributed by atoms with E-state index >= 15 is 0 Å². The molecule has 0 saturated carbocycles. The van der Waals surface area contributed by atoms with Gasteiger partial charge in [0.15, 0.2) is 0 Å². The van der Waals surface area contributed by atoms with Crippen molar-refractivity contribution >= 4 is 0 Å². The molecule has 2 aliphatic heterocycles. The molecule has 0 radical (unpaired) electrons. The van der Waals surface area contributed by atoms with Crippen LogP contribution in [0, 0.1) is 11.8 Å². The molecule has 0 bridgehead atoms. The molecule has 19 heavy (non-hydrogen) atoms. The van der Waals surface area contributed by atoms with Gasteiger partial charge in [0.2, 0.25) is 0 Å². The summed E-state index contributed by atoms with van der Waals surface area (Å²) in [4.78, 5) is 2.67. The molecular formula is C16H24N2O. The molecule has 0 aliphatic carbocycles. The predicted octanol–water partition coefficient (Wildman–Crippen LogP) is 1.78. The summed E-state index contributed by atoms with van der Waals surface area (Å²) in [5.41, 5.74) is 1.41. The van der Waals surface area contributed by atoms with Gasteiger partial charge in [0.1, 0.15) is 5.75 Å². The highest BCUT2D eigenvalue weighted by molar-refractivity contribution is 5.27. The van der Waals surface area contributed by atoms with Crippen molar-refractivity contribution < 1.29 is 4.74 Å². The maximum absolute atomic E-state index is 5.21. The average Bonchev–Trinajstić information content (AvgIpc) is 3.00. The first-order valence-corrected chi connectivity index (χ1v) is 7.34. The molecule has 3 rings (SSSR count). The highest BCUT2D eigenvalue weighted by atomic mass is 16.5. The molecule has 2 aliphatic rings. The van der Waals surface area contributed by atoms with Crippen LogP contribution in [-0.4, -0.2) is 44.2 Å². The van der Waals surface area contributed by atoms with E-state index in [1.54, 1.807) is 7.11 Å². The second kappa shape index (κ2) is 5.51. The molecule has 3 nitrogen and oxygen atoms in total. The first-order valence-electron chi connectivity index (χ1n) is 7.34. The number of methoxy groups -OCH3 is 1. The molecule has 3 heteroatoms. The summed E-state index contributed by atoms with van der Waals surface area (Å²) in [5, 5.41) is 3.51. The topological polar surface area (TPSA) is 24.5 Å². The van der Waals surface area contributed by atoms with Crippen molar-refractivity contribution in [3.8, 4) is 5.75 Å². The normalized spacial score (nSPS) is 28.3. The highest BCUT2D eigenvalue weighted by Gasteiger charge is 2.37. The van der Waals surface area contributed by atoms with E-state index in [2.05, 4.69) is 41.4 Å². The first-order chi connectivity index (χ1) is 9.26. The highest BCUT2D eigenvalue weighted by Crippen LogP contribution is 2.28. The molecule has 1 aromatic carbocycles. The lowest BCUT2D eigenvalue weighted by Gasteiger charge is -2.25. The van der Waals surface area contributed by atoms with E-state index in [1.165, 1.54) is 31.7 Å². The van der Waals surface area contributed by atoms with Gasteiger partial charge in [-0.05, 0) is 56.0 Å². The Kier molecular flexibility index (Phi) is 3.76. The average molecular weight is 260 g/mol. The van der Waals surface area contributed by atoms with E-state index in [-0.39, 0.29) is 0 Å². The van der Waals surface area contributed by atoms with Crippen LogP contribution in [0.1, 0.15) is 12.5 Å². The summed E-state index contributed by atoms with van der Waals surface area (Å²) in [6, 6.07) is 9.13. The van der Waals surface area contributed by atoms with Crippen LogP contribution in [0.15, 0.2) is 24.3 Å². The van der Waals surface area contributed by atoms with E-state index in [1.807, 2.05) is 0 Å². The number of rotatable bonds is 4. The predicted molar refractivity (Wildman–Crippen MR) is 77.6 cm³/mol. The molecule has 2 saturated heterocycles. The third kappa shape index (κ3) is 2.77. The van der Waals surface area contributed by atoms with E-state index < -0.39 is 0 Å². The molecule has 1 aromatic rings. The monoisotopic (exact) mass is 260 g/mol. The molecule has 1 unspecified atom stereocenters. The molecular weight excluding hydrogens is 236 g/mol. The molecule has 2 fully saturated rings. The van der Waals surface area contributed by atoms with Crippen molar-refractivity contribution in [3.63, 3.8) is 0 Å². The lowest BCUT2D eigenvalue weighted by Crippen LogP contribution is -2.35. The van der Waals surface area contributed by atoms with Gasteiger partial charge in [-0.3, -0.25) is 4.90 Å². The van der Waals surface area contributed by atoms with Gasteiger partial charge in [-0.15, -0.1) is 0 Å². The van der Waals surface area contributed by atoms with Gasteiger partial charge < -0.3 is 10.1 Å². The third-order valence-electron chi connectivity index (χ3n) is 4.73. The standard InChI is InChI=1S/C16H24N2O/c1-12(7-13-3-5-16(19-2)6-4-13)18-10-14-8-17-9-15(14)11-18/h3-6,12,14-15,17H,7-11H2,1-2H3/t12?,14-,15+. The second-order valence-corrected chi connectivity index (χ2v) is 6.03. The summed E-state index contributed by atoms with van der Waals surface area (Å²) in [6.07, 6.45) is 1.14. The fourth-order valence-electron chi connectivity index (χ4n) is 3.48. The zero-order valence-electron chi connectivity index (χ0n) is 11.9. The Morgan fingerprint density at radius 2 is 1.84 bits per heavy atom. The maximum Gasteiger partial charge on any atom is 0.118 e. The molecule has 1 N–H and O–H groups in total. The summed E-state index contributed by atoms with van der Waals surface area (Å²) >= 11 is 0. The van der Waals surface area contributed by atoms with Crippen LogP contribution in [0.3, 0.4) is 0 Å². The smallest absolute Gasteiger partial charge is 0.118 e. The zero-order chi connectivity index (χ0) is 13.2. The molecule has 0 spiro atoms. The van der Waals surface area contributed by atoms with Gasteiger partial charge in [0.25, 0.3) is 0 Å². The lowest BCUT2D eigenvalue weighted by atomic mass is 10.0. The van der Waals surface area contributed by atoms with Crippen molar-refractivity contribution in [1.29, 1.82) is 0 Å². The third-order valence-corrected chi connectivity index (χ3v) is 4.73. The van der Waals surface area contributed by atoms with Crippen molar-refractivity contribution in [1.82, 2.24) is 10.2 Å². The molecule has 2 heterocycles. The fourth-order valence-corrected chi connectivity index (χ4v) is 3.48. The minimum absolute atomic E-state index is 0.638. The molecule has 3 atom stereocenters. The van der Waals surface area contributed by atoms with Gasteiger partial charge in [0.05, 0.1) is 7.11 Å². The number of likely N-dealkylation sites (tertiary alicyclic amines) is 1. The van der Waals surface area contributed by atoms with Gasteiger partial charge in [-0.1, -0.05) is 12.1 Å². The molecule has 104 valence electrons. The van der Waals surface area contributed by atoms with Gasteiger partial charge in [-0.25, -0.2) is 0 Å². The number of hydrogen-bond acceptors (Lipinski definition) is 3. The second-order valence-electron chi connectivity index (χ2n) is 6.03. The van der Waals surface area contributed by atoms with Crippen molar-refractivity contribution in [2.24, 2.45) is 11.8 Å². The van der Waals surface area contributed by atoms with E-state index in [0.29, 0.717) is 6.04 Å². The Balaban J connectivity index is 1.57. The number of benzene rings is 1. The van der Waals surface area contributed by atoms with E-state index in [9.17, 15) is 0 Å². The Labute approximate surface area is 115 Å². The van der Waals surface area contributed by atoms with E-state index in [0.717, 1.165) is 24.0 Å². The lowest BCUT2D eigenvalue weighted by molar-refractivity contribution is 0.239. The van der Waals surface area contributed by atoms with Crippen molar-refractivity contribution in [2.45, 2.75) is 19.4 Å². The number of nitrogens with one attached hydrogen (secondary N) is 1. The van der Waals surface area contributed by atoms with Gasteiger partial charge in [0, 0.05) is 19.1 Å². The number of nitrogens with zero attached hydrogens (tertiary/aromatic N) is 1. The van der Waals surface area contributed by atoms with Crippen LogP contribution in [-0.2, 0) is 6.42 Å². The minimum atomic E-state index is 0.638. The summed E-state index contributed by atoms with van der Waals surface area (Å²) in [7, 11) is 1.72. The number of ether oxygens (including phenoxy) is 1. The molecule has 0 aromatic heterocycles. The van der Waals surface area contributed by atoms with Crippen LogP contribution in [0.5, 0.6) is 5.75 Å². The first kappa shape index (κ1) is 12.9. The van der Waals surface area contributed by atoms with Gasteiger partial charge >= 0.3 is 0 Å². The quantitative estimate of drug-likeness (QED) is 0.893. The minimum Gasteiger partial charge on any atom is -0.497 e. The largest absolute Gasteiger partial charge is 0.497 e. The van der Waals surface area contributed by atoms with E-state index in [4.69, 9.17) is 4.74 Å². The summed E-state index contributed by atoms with van der Waals surface area (Å²) < 4.78 is 5.21. The van der Waals surface area contributed by atoms with Crippen LogP contribution in [0.25, 0.3) is 0 Å². The maximum atomic E-state index is 5.21. The van der Waals surface area contributed by atoms with Crippen LogP contribution in [0.2, 0.25) is 0 Å². The Bertz CT molecular complexity index is 405. The molecule has 0 amide bonds. The van der Waals surface area contributed by atoms with Crippen molar-refractivity contribution in [2.75, 3.05) is 33.3 Å². The SMILES string of the molecule is COc1ccc(CC(C)N2C[C@H]3CNC[C@H]3C2)cc1. The zero-order valence-corrected chi connectivity index (χ0v) is 11.9. The fraction of sp³-hybridized carbons (Fsp3) is 0.625. The summed E-state index contributed by atoms with van der Waals surface area (Å²) in [5.74, 6) is 2.72. The van der Waals surface area contributed by atoms with Crippen LogP contribution >= 0.6 is 0 Å². The van der Waals surface area contributed by atoms with Gasteiger partial charge in [-0.2, -0.15) is 0 Å². The summed E-state index contributed by atoms with van der Waals surface area (Å²) in [6.45, 7) is 7.34. The number of fused-ring (bicyclic) bond motifs is 1. The van der Waals surface area contributed by atoms with Crippen LogP contribution in [0.4, 0.5) is 0 Å². The Morgan fingerprint density at radius 3 is 2.42 bits per heavy atom. The van der Waals surface area contributed by atoms with Crippen LogP contribution < -0.4 is 10.1 Å². The number of hydrogen-bond donors (Lipinski definition) is 1. The Hall–Kier alpha value is -1.06.